The quantitative estimate of drug-likeness (QED) is 0.484. The molecule has 14 heavy (non-hydrogen) atoms. The molecule has 0 heterocycles. The zero-order valence-electron chi connectivity index (χ0n) is 9.42. The van der Waals surface area contributed by atoms with Gasteiger partial charge in [0.2, 0.25) is 0 Å². The maximum absolute atomic E-state index is 11.2. The molecule has 1 atom stereocenters. The van der Waals surface area contributed by atoms with E-state index < -0.39 is 0 Å². The van der Waals surface area contributed by atoms with E-state index in [-0.39, 0.29) is 12.1 Å². The van der Waals surface area contributed by atoms with Crippen molar-refractivity contribution in [2.45, 2.75) is 58.5 Å². The average Bonchev–Trinajstić information content (AvgIpc) is 2.13. The second-order valence-corrected chi connectivity index (χ2v) is 3.69. The summed E-state index contributed by atoms with van der Waals surface area (Å²) in [5.41, 5.74) is 5.35. The van der Waals surface area contributed by atoms with Crippen LogP contribution in [0.5, 0.6) is 0 Å². The third-order valence-corrected chi connectivity index (χ3v) is 2.11. The van der Waals surface area contributed by atoms with Gasteiger partial charge < -0.3 is 10.5 Å². The fourth-order valence-electron chi connectivity index (χ4n) is 1.34. The third-order valence-electron chi connectivity index (χ3n) is 2.11. The number of rotatable bonds is 8. The number of ether oxygens (including phenoxy) is 1. The Morgan fingerprint density at radius 3 is 2.64 bits per heavy atom. The van der Waals surface area contributed by atoms with E-state index in [9.17, 15) is 4.79 Å². The molecule has 0 bridgehead atoms. The normalized spacial score (nSPS) is 12.5. The van der Waals surface area contributed by atoms with E-state index in [1.165, 1.54) is 0 Å². The fraction of sp³-hybridized carbons (Fsp3) is 0.909. The Morgan fingerprint density at radius 1 is 1.36 bits per heavy atom. The van der Waals surface area contributed by atoms with Crippen LogP contribution in [0.25, 0.3) is 0 Å². The van der Waals surface area contributed by atoms with E-state index in [1.54, 1.807) is 0 Å². The Hall–Kier alpha value is -0.570. The zero-order valence-corrected chi connectivity index (χ0v) is 9.42. The summed E-state index contributed by atoms with van der Waals surface area (Å²) in [6.07, 6.45) is 5.53. The summed E-state index contributed by atoms with van der Waals surface area (Å²) in [4.78, 5) is 11.2. The summed E-state index contributed by atoms with van der Waals surface area (Å²) in [7, 11) is 0. The van der Waals surface area contributed by atoms with Gasteiger partial charge in [-0.05, 0) is 32.7 Å². The number of nitrogens with two attached hydrogens (primary N) is 1. The second kappa shape index (κ2) is 9.00. The van der Waals surface area contributed by atoms with Crippen LogP contribution in [0, 0.1) is 0 Å². The van der Waals surface area contributed by atoms with Crippen LogP contribution in [0.4, 0.5) is 0 Å². The molecule has 0 radical (unpaired) electrons. The summed E-state index contributed by atoms with van der Waals surface area (Å²) in [5, 5.41) is 0. The smallest absolute Gasteiger partial charge is 0.306 e. The second-order valence-electron chi connectivity index (χ2n) is 3.69. The minimum absolute atomic E-state index is 0.0667. The maximum atomic E-state index is 11.2. The van der Waals surface area contributed by atoms with Crippen molar-refractivity contribution in [1.82, 2.24) is 0 Å². The Labute approximate surface area is 87.0 Å². The zero-order chi connectivity index (χ0) is 10.8. The number of hydrogen-bond acceptors (Lipinski definition) is 3. The number of hydrogen-bond donors (Lipinski definition) is 1. The van der Waals surface area contributed by atoms with E-state index in [0.717, 1.165) is 32.1 Å². The van der Waals surface area contributed by atoms with Crippen molar-refractivity contribution >= 4 is 5.97 Å². The van der Waals surface area contributed by atoms with Crippen LogP contribution in [0.2, 0.25) is 0 Å². The van der Waals surface area contributed by atoms with Gasteiger partial charge in [-0.3, -0.25) is 4.79 Å². The molecule has 1 unspecified atom stereocenters. The Kier molecular flexibility index (Phi) is 8.64. The summed E-state index contributed by atoms with van der Waals surface area (Å²) in [6.45, 7) is 4.74. The van der Waals surface area contributed by atoms with Gasteiger partial charge in [0.05, 0.1) is 6.10 Å². The Morgan fingerprint density at radius 2 is 2.07 bits per heavy atom. The highest BCUT2D eigenvalue weighted by Crippen LogP contribution is 2.05. The number of esters is 1. The molecular formula is C11H23NO2. The first-order valence-corrected chi connectivity index (χ1v) is 5.60. The predicted molar refractivity (Wildman–Crippen MR) is 58.0 cm³/mol. The monoisotopic (exact) mass is 201 g/mol. The lowest BCUT2D eigenvalue weighted by molar-refractivity contribution is -0.148. The van der Waals surface area contributed by atoms with Gasteiger partial charge in [0.1, 0.15) is 0 Å². The van der Waals surface area contributed by atoms with E-state index >= 15 is 0 Å². The lowest BCUT2D eigenvalue weighted by Crippen LogP contribution is -2.14. The van der Waals surface area contributed by atoms with Gasteiger partial charge in [-0.2, -0.15) is 0 Å². The molecule has 0 fully saturated rings. The minimum atomic E-state index is -0.0667. The highest BCUT2D eigenvalue weighted by molar-refractivity contribution is 5.69. The van der Waals surface area contributed by atoms with E-state index in [2.05, 4.69) is 6.92 Å². The van der Waals surface area contributed by atoms with Crippen molar-refractivity contribution in [2.75, 3.05) is 6.54 Å². The van der Waals surface area contributed by atoms with Crippen LogP contribution >= 0.6 is 0 Å². The molecule has 0 saturated carbocycles. The minimum Gasteiger partial charge on any atom is -0.463 e. The molecular weight excluding hydrogens is 178 g/mol. The summed E-state index contributed by atoms with van der Waals surface area (Å²) < 4.78 is 5.20. The van der Waals surface area contributed by atoms with Crippen molar-refractivity contribution in [2.24, 2.45) is 5.73 Å². The molecule has 0 aromatic carbocycles. The molecule has 0 aliphatic rings. The first kappa shape index (κ1) is 13.4. The van der Waals surface area contributed by atoms with Crippen LogP contribution in [-0.4, -0.2) is 18.6 Å². The van der Waals surface area contributed by atoms with Crippen LogP contribution < -0.4 is 5.73 Å². The van der Waals surface area contributed by atoms with E-state index in [1.807, 2.05) is 6.92 Å². The van der Waals surface area contributed by atoms with Crippen molar-refractivity contribution in [3.8, 4) is 0 Å². The van der Waals surface area contributed by atoms with Crippen LogP contribution in [0.3, 0.4) is 0 Å². The molecule has 0 aromatic heterocycles. The molecule has 0 aliphatic carbocycles. The van der Waals surface area contributed by atoms with E-state index in [4.69, 9.17) is 10.5 Å². The summed E-state index contributed by atoms with van der Waals surface area (Å²) in [5.74, 6) is -0.0667. The fourth-order valence-corrected chi connectivity index (χ4v) is 1.34. The first-order chi connectivity index (χ1) is 6.70. The van der Waals surface area contributed by atoms with Gasteiger partial charge in [0, 0.05) is 6.42 Å². The third kappa shape index (κ3) is 8.05. The molecule has 0 spiro atoms. The van der Waals surface area contributed by atoms with E-state index in [0.29, 0.717) is 13.0 Å². The predicted octanol–water partition coefficient (Wildman–Crippen LogP) is 2.24. The number of carbonyl (C=O) groups is 1. The average molecular weight is 201 g/mol. The Bertz CT molecular complexity index is 148. The topological polar surface area (TPSA) is 52.3 Å². The van der Waals surface area contributed by atoms with Gasteiger partial charge in [-0.1, -0.05) is 19.8 Å². The standard InChI is InChI=1S/C11H23NO2/c1-3-7-10(2)14-11(13)8-5-4-6-9-12/h10H,3-9,12H2,1-2H3. The van der Waals surface area contributed by atoms with Gasteiger partial charge in [-0.25, -0.2) is 0 Å². The van der Waals surface area contributed by atoms with Gasteiger partial charge in [0.25, 0.3) is 0 Å². The summed E-state index contributed by atoms with van der Waals surface area (Å²) in [6, 6.07) is 0. The molecule has 0 rings (SSSR count). The van der Waals surface area contributed by atoms with Crippen molar-refractivity contribution < 1.29 is 9.53 Å². The summed E-state index contributed by atoms with van der Waals surface area (Å²) >= 11 is 0. The van der Waals surface area contributed by atoms with Crippen molar-refractivity contribution in [1.29, 1.82) is 0 Å². The van der Waals surface area contributed by atoms with Crippen LogP contribution in [-0.2, 0) is 9.53 Å². The highest BCUT2D eigenvalue weighted by Gasteiger charge is 2.07. The van der Waals surface area contributed by atoms with Gasteiger partial charge in [0.15, 0.2) is 0 Å². The molecule has 0 aliphatic heterocycles. The largest absolute Gasteiger partial charge is 0.463 e. The van der Waals surface area contributed by atoms with Gasteiger partial charge in [-0.15, -0.1) is 0 Å². The number of carbonyl (C=O) groups excluding carboxylic acids is 1. The lowest BCUT2D eigenvalue weighted by atomic mass is 10.2. The molecule has 2 N–H and O–H groups in total. The maximum Gasteiger partial charge on any atom is 0.306 e. The number of unbranched alkanes of at least 4 members (excludes halogenated alkanes) is 2. The first-order valence-electron chi connectivity index (χ1n) is 5.60. The molecule has 0 aromatic rings. The molecule has 0 amide bonds. The lowest BCUT2D eigenvalue weighted by Gasteiger charge is -2.11. The molecule has 3 nitrogen and oxygen atoms in total. The van der Waals surface area contributed by atoms with Crippen LogP contribution in [0.1, 0.15) is 52.4 Å². The van der Waals surface area contributed by atoms with Crippen molar-refractivity contribution in [3.05, 3.63) is 0 Å². The van der Waals surface area contributed by atoms with Gasteiger partial charge >= 0.3 is 5.97 Å². The Balaban J connectivity index is 3.35. The molecule has 84 valence electrons. The SMILES string of the molecule is CCCC(C)OC(=O)CCCCCN. The highest BCUT2D eigenvalue weighted by atomic mass is 16.5. The molecule has 3 heteroatoms. The molecule has 0 saturated heterocycles. The van der Waals surface area contributed by atoms with Crippen molar-refractivity contribution in [3.63, 3.8) is 0 Å². The van der Waals surface area contributed by atoms with Crippen LogP contribution in [0.15, 0.2) is 0 Å².